The first-order valence-corrected chi connectivity index (χ1v) is 13.8. The number of unbranched alkanes of at least 4 members (excludes halogenated alkanes) is 14. The predicted octanol–water partition coefficient (Wildman–Crippen LogP) is 3.33. The highest BCUT2D eigenvalue weighted by Crippen LogP contribution is 2.18. The van der Waals surface area contributed by atoms with Crippen LogP contribution in [0.1, 0.15) is 122 Å². The van der Waals surface area contributed by atoms with Gasteiger partial charge in [-0.2, -0.15) is 0 Å². The fraction of sp³-hybridized carbons (Fsp3) is 0.852. The van der Waals surface area contributed by atoms with Crippen LogP contribution < -0.4 is 0 Å². The van der Waals surface area contributed by atoms with Crippen LogP contribution in [0.15, 0.2) is 0 Å². The molecule has 0 spiro atoms. The van der Waals surface area contributed by atoms with Crippen LogP contribution in [0, 0.1) is 0 Å². The molecule has 0 aliphatic rings. The van der Waals surface area contributed by atoms with Crippen molar-refractivity contribution in [2.75, 3.05) is 13.2 Å². The zero-order valence-corrected chi connectivity index (χ0v) is 22.9. The van der Waals surface area contributed by atoms with Gasteiger partial charge in [-0.3, -0.25) is 14.4 Å². The lowest BCUT2D eigenvalue weighted by Gasteiger charge is -2.19. The van der Waals surface area contributed by atoms with E-state index >= 15 is 0 Å². The minimum absolute atomic E-state index is 0.0222. The molecule has 38 heavy (non-hydrogen) atoms. The molecule has 1 unspecified atom stereocenters. The molecule has 0 aromatic carbocycles. The van der Waals surface area contributed by atoms with Gasteiger partial charge >= 0.3 is 23.9 Å². The Morgan fingerprint density at radius 2 is 1.05 bits per heavy atom. The van der Waals surface area contributed by atoms with E-state index in [1.54, 1.807) is 0 Å². The van der Waals surface area contributed by atoms with Crippen LogP contribution >= 0.6 is 0 Å². The number of carboxylic acid groups (broad SMARTS) is 2. The molecule has 0 aromatic rings. The van der Waals surface area contributed by atoms with Gasteiger partial charge in [0, 0.05) is 6.42 Å². The van der Waals surface area contributed by atoms with Crippen LogP contribution in [0.2, 0.25) is 0 Å². The van der Waals surface area contributed by atoms with Crippen LogP contribution in [-0.4, -0.2) is 79.4 Å². The molecule has 0 heterocycles. The summed E-state index contributed by atoms with van der Waals surface area (Å²) in [6.45, 7) is 1.50. The number of hydrogen-bond donors (Lipinski definition) is 6. The lowest BCUT2D eigenvalue weighted by Crippen LogP contribution is -2.43. The third kappa shape index (κ3) is 24.3. The van der Waals surface area contributed by atoms with Crippen LogP contribution in [0.25, 0.3) is 0 Å². The van der Waals surface area contributed by atoms with Crippen molar-refractivity contribution in [2.24, 2.45) is 0 Å². The monoisotopic (exact) mass is 550 g/mol. The van der Waals surface area contributed by atoms with Gasteiger partial charge in [0.05, 0.1) is 26.1 Å². The van der Waals surface area contributed by atoms with Gasteiger partial charge in [0.25, 0.3) is 0 Å². The van der Waals surface area contributed by atoms with Crippen molar-refractivity contribution in [2.45, 2.75) is 134 Å². The van der Waals surface area contributed by atoms with Crippen LogP contribution in [0.4, 0.5) is 0 Å². The molecule has 6 N–H and O–H groups in total. The molecule has 0 radical (unpaired) electrons. The molecule has 0 bridgehead atoms. The second-order valence-corrected chi connectivity index (χ2v) is 9.65. The summed E-state index contributed by atoms with van der Waals surface area (Å²) in [7, 11) is 0. The van der Waals surface area contributed by atoms with E-state index in [-0.39, 0.29) is 19.6 Å². The third-order valence-corrected chi connectivity index (χ3v) is 5.91. The number of carboxylic acids is 2. The first kappa shape index (κ1) is 38.1. The lowest BCUT2D eigenvalue weighted by atomic mass is 9.96. The topological polar surface area (TPSA) is 199 Å². The molecule has 0 aliphatic carbocycles. The van der Waals surface area contributed by atoms with Crippen molar-refractivity contribution in [1.82, 2.24) is 0 Å². The maximum atomic E-state index is 11.7. The second kappa shape index (κ2) is 25.2. The first-order valence-electron chi connectivity index (χ1n) is 13.8. The molecule has 0 fully saturated rings. The number of rotatable bonds is 23. The number of carbonyl (C=O) groups is 4. The maximum Gasteiger partial charge on any atom is 0.336 e. The van der Waals surface area contributed by atoms with Gasteiger partial charge in [-0.05, 0) is 6.42 Å². The second-order valence-electron chi connectivity index (χ2n) is 9.65. The Morgan fingerprint density at radius 1 is 0.658 bits per heavy atom. The molecule has 0 aliphatic heterocycles. The third-order valence-electron chi connectivity index (χ3n) is 5.91. The Labute approximate surface area is 226 Å². The fourth-order valence-electron chi connectivity index (χ4n) is 3.62. The Morgan fingerprint density at radius 3 is 1.37 bits per heavy atom. The number of ether oxygens (including phenoxy) is 1. The average Bonchev–Trinajstić information content (AvgIpc) is 2.85. The van der Waals surface area contributed by atoms with Crippen LogP contribution in [-0.2, 0) is 23.9 Å². The molecular weight excluding hydrogens is 500 g/mol. The average molecular weight is 551 g/mol. The number of aliphatic hydroxyl groups is 4. The Bertz CT molecular complexity index is 635. The number of aliphatic hydroxyl groups excluding tert-OH is 3. The van der Waals surface area contributed by atoms with E-state index in [9.17, 15) is 24.3 Å². The van der Waals surface area contributed by atoms with Gasteiger partial charge < -0.3 is 35.4 Å². The predicted molar refractivity (Wildman–Crippen MR) is 140 cm³/mol. The van der Waals surface area contributed by atoms with Crippen molar-refractivity contribution in [3.8, 4) is 0 Å². The zero-order valence-electron chi connectivity index (χ0n) is 22.9. The summed E-state index contributed by atoms with van der Waals surface area (Å²) in [6, 6.07) is 0. The van der Waals surface area contributed by atoms with Crippen LogP contribution in [0.5, 0.6) is 0 Å². The SMILES string of the molecule is CCCCCCCCCCCCCCCCCC(=O)OC(=O)CC(O)(CC(=O)O)C(=O)O.OCC(O)CO. The standard InChI is InChI=1S/C24H42O8.C3H8O3/c1-2-3-4-5-6-7-8-9-10-11-12-13-14-15-16-17-21(27)32-22(28)19-24(31,23(29)30)18-20(25)26;4-1-3(6)2-5/h31H,2-19H2,1H3,(H,25,26)(H,29,30);3-6H,1-2H2. The zero-order chi connectivity index (χ0) is 29.2. The van der Waals surface area contributed by atoms with Crippen molar-refractivity contribution in [3.05, 3.63) is 0 Å². The number of aliphatic carboxylic acids is 2. The molecule has 0 rings (SSSR count). The molecule has 0 aromatic heterocycles. The molecule has 1 atom stereocenters. The van der Waals surface area contributed by atoms with Gasteiger partial charge in [-0.25, -0.2) is 4.79 Å². The van der Waals surface area contributed by atoms with E-state index in [0.717, 1.165) is 19.3 Å². The molecule has 224 valence electrons. The first-order chi connectivity index (χ1) is 18.0. The minimum atomic E-state index is -2.79. The smallest absolute Gasteiger partial charge is 0.336 e. The number of esters is 2. The van der Waals surface area contributed by atoms with Crippen molar-refractivity contribution < 1.29 is 54.6 Å². The van der Waals surface area contributed by atoms with E-state index in [1.807, 2.05) is 0 Å². The summed E-state index contributed by atoms with van der Waals surface area (Å²) >= 11 is 0. The normalized spacial score (nSPS) is 12.4. The highest BCUT2D eigenvalue weighted by atomic mass is 16.6. The summed E-state index contributed by atoms with van der Waals surface area (Å²) in [5, 5.41) is 51.3. The summed E-state index contributed by atoms with van der Waals surface area (Å²) in [6.07, 6.45) is 14.7. The largest absolute Gasteiger partial charge is 0.481 e. The minimum Gasteiger partial charge on any atom is -0.481 e. The summed E-state index contributed by atoms with van der Waals surface area (Å²) < 4.78 is 4.50. The van der Waals surface area contributed by atoms with E-state index < -0.39 is 48.4 Å². The number of carbonyl (C=O) groups excluding carboxylic acids is 2. The maximum absolute atomic E-state index is 11.7. The molecular formula is C27H50O11. The molecule has 0 saturated carbocycles. The van der Waals surface area contributed by atoms with Gasteiger partial charge in [-0.15, -0.1) is 0 Å². The summed E-state index contributed by atoms with van der Waals surface area (Å²) in [5.74, 6) is -5.48. The van der Waals surface area contributed by atoms with Crippen molar-refractivity contribution in [3.63, 3.8) is 0 Å². The highest BCUT2D eigenvalue weighted by molar-refractivity contribution is 5.92. The Kier molecular flexibility index (Phi) is 25.3. The van der Waals surface area contributed by atoms with Crippen LogP contribution in [0.3, 0.4) is 0 Å². The Balaban J connectivity index is 0. The highest BCUT2D eigenvalue weighted by Gasteiger charge is 2.41. The molecule has 0 saturated heterocycles. The fourth-order valence-corrected chi connectivity index (χ4v) is 3.62. The summed E-state index contributed by atoms with van der Waals surface area (Å²) in [5.41, 5.74) is -2.79. The van der Waals surface area contributed by atoms with E-state index in [4.69, 9.17) is 25.5 Å². The lowest BCUT2D eigenvalue weighted by molar-refractivity contribution is -0.174. The molecule has 11 heteroatoms. The molecule has 0 amide bonds. The number of hydrogen-bond acceptors (Lipinski definition) is 9. The quantitative estimate of drug-likeness (QED) is 0.0619. The molecule has 11 nitrogen and oxygen atoms in total. The van der Waals surface area contributed by atoms with E-state index in [0.29, 0.717) is 6.42 Å². The van der Waals surface area contributed by atoms with Gasteiger partial charge in [0.1, 0.15) is 6.10 Å². The van der Waals surface area contributed by atoms with Gasteiger partial charge in [0.15, 0.2) is 5.60 Å². The van der Waals surface area contributed by atoms with E-state index in [1.165, 1.54) is 70.6 Å². The van der Waals surface area contributed by atoms with E-state index in [2.05, 4.69) is 11.7 Å². The van der Waals surface area contributed by atoms with Gasteiger partial charge in [0.2, 0.25) is 0 Å². The Hall–Kier alpha value is -2.08. The van der Waals surface area contributed by atoms with Gasteiger partial charge in [-0.1, -0.05) is 96.8 Å². The van der Waals surface area contributed by atoms with Crippen molar-refractivity contribution >= 4 is 23.9 Å². The summed E-state index contributed by atoms with van der Waals surface area (Å²) in [4.78, 5) is 45.0. The van der Waals surface area contributed by atoms with Crippen molar-refractivity contribution in [1.29, 1.82) is 0 Å².